The van der Waals surface area contributed by atoms with E-state index < -0.39 is 0 Å². The lowest BCUT2D eigenvalue weighted by molar-refractivity contribution is 0.415. The van der Waals surface area contributed by atoms with E-state index >= 15 is 0 Å². The summed E-state index contributed by atoms with van der Waals surface area (Å²) in [5.41, 5.74) is 1.94. The number of thioether (sulfide) groups is 1. The SMILES string of the molecule is COc1ccc(Br)cc1NC1CCSc2c(F)cccc21. The Morgan fingerprint density at radius 2 is 2.19 bits per heavy atom. The Morgan fingerprint density at radius 1 is 1.33 bits per heavy atom. The van der Waals surface area contributed by atoms with Crippen LogP contribution >= 0.6 is 27.7 Å². The van der Waals surface area contributed by atoms with Crippen LogP contribution in [-0.2, 0) is 0 Å². The summed E-state index contributed by atoms with van der Waals surface area (Å²) in [6.07, 6.45) is 0.955. The number of halogens is 2. The maximum Gasteiger partial charge on any atom is 0.142 e. The van der Waals surface area contributed by atoms with Gasteiger partial charge in [-0.2, -0.15) is 0 Å². The van der Waals surface area contributed by atoms with Crippen molar-refractivity contribution in [2.45, 2.75) is 17.4 Å². The van der Waals surface area contributed by atoms with Gasteiger partial charge in [-0.3, -0.25) is 0 Å². The Morgan fingerprint density at radius 3 is 3.00 bits per heavy atom. The van der Waals surface area contributed by atoms with Crippen molar-refractivity contribution in [1.29, 1.82) is 0 Å². The van der Waals surface area contributed by atoms with E-state index in [0.717, 1.165) is 38.5 Å². The quantitative estimate of drug-likeness (QED) is 0.800. The summed E-state index contributed by atoms with van der Waals surface area (Å²) < 4.78 is 20.3. The molecule has 1 unspecified atom stereocenters. The van der Waals surface area contributed by atoms with E-state index in [9.17, 15) is 4.39 Å². The summed E-state index contributed by atoms with van der Waals surface area (Å²) >= 11 is 5.06. The molecule has 0 aromatic heterocycles. The fourth-order valence-corrected chi connectivity index (χ4v) is 4.02. The molecule has 0 fully saturated rings. The lowest BCUT2D eigenvalue weighted by Crippen LogP contribution is -2.17. The zero-order valence-electron chi connectivity index (χ0n) is 11.5. The molecule has 0 saturated heterocycles. The predicted molar refractivity (Wildman–Crippen MR) is 88.8 cm³/mol. The fourth-order valence-electron chi connectivity index (χ4n) is 2.52. The molecule has 2 aromatic rings. The molecule has 5 heteroatoms. The van der Waals surface area contributed by atoms with Crippen molar-refractivity contribution in [1.82, 2.24) is 0 Å². The second kappa shape index (κ2) is 6.28. The predicted octanol–water partition coefficient (Wildman–Crippen LogP) is 5.25. The van der Waals surface area contributed by atoms with E-state index in [1.165, 1.54) is 6.07 Å². The average Bonchev–Trinajstić information content (AvgIpc) is 2.49. The second-order valence-electron chi connectivity index (χ2n) is 4.84. The van der Waals surface area contributed by atoms with Gasteiger partial charge in [-0.15, -0.1) is 11.8 Å². The third-order valence-electron chi connectivity index (χ3n) is 3.52. The van der Waals surface area contributed by atoms with Gasteiger partial charge in [0.2, 0.25) is 0 Å². The molecule has 1 aliphatic rings. The Balaban J connectivity index is 1.94. The van der Waals surface area contributed by atoms with Crippen LogP contribution in [0.3, 0.4) is 0 Å². The van der Waals surface area contributed by atoms with Crippen molar-refractivity contribution in [3.8, 4) is 5.75 Å². The summed E-state index contributed by atoms with van der Waals surface area (Å²) in [5, 5.41) is 3.49. The number of fused-ring (bicyclic) bond motifs is 1. The molecule has 1 aliphatic heterocycles. The molecule has 0 bridgehead atoms. The topological polar surface area (TPSA) is 21.3 Å². The fraction of sp³-hybridized carbons (Fsp3) is 0.250. The minimum atomic E-state index is -0.134. The highest BCUT2D eigenvalue weighted by Gasteiger charge is 2.23. The minimum Gasteiger partial charge on any atom is -0.495 e. The van der Waals surface area contributed by atoms with Crippen LogP contribution in [0.1, 0.15) is 18.0 Å². The van der Waals surface area contributed by atoms with Crippen LogP contribution in [0.25, 0.3) is 0 Å². The van der Waals surface area contributed by atoms with Crippen LogP contribution in [0.2, 0.25) is 0 Å². The summed E-state index contributed by atoms with van der Waals surface area (Å²) in [7, 11) is 1.65. The van der Waals surface area contributed by atoms with Gasteiger partial charge in [0.05, 0.1) is 18.8 Å². The van der Waals surface area contributed by atoms with E-state index in [1.54, 1.807) is 24.9 Å². The number of nitrogens with one attached hydrogen (secondary N) is 1. The molecular formula is C16H15BrFNOS. The lowest BCUT2D eigenvalue weighted by atomic mass is 10.0. The van der Waals surface area contributed by atoms with Crippen LogP contribution in [-0.4, -0.2) is 12.9 Å². The number of anilines is 1. The molecule has 1 N–H and O–H groups in total. The highest BCUT2D eigenvalue weighted by atomic mass is 79.9. The van der Waals surface area contributed by atoms with Crippen molar-refractivity contribution in [2.75, 3.05) is 18.2 Å². The monoisotopic (exact) mass is 367 g/mol. The third-order valence-corrected chi connectivity index (χ3v) is 5.17. The number of rotatable bonds is 3. The van der Waals surface area contributed by atoms with Crippen LogP contribution in [0.4, 0.5) is 10.1 Å². The van der Waals surface area contributed by atoms with Crippen molar-refractivity contribution < 1.29 is 9.13 Å². The van der Waals surface area contributed by atoms with Gasteiger partial charge in [-0.05, 0) is 36.2 Å². The zero-order valence-corrected chi connectivity index (χ0v) is 13.9. The molecule has 0 saturated carbocycles. The van der Waals surface area contributed by atoms with E-state index in [1.807, 2.05) is 24.3 Å². The van der Waals surface area contributed by atoms with Gasteiger partial charge in [0.15, 0.2) is 0 Å². The lowest BCUT2D eigenvalue weighted by Gasteiger charge is -2.27. The smallest absolute Gasteiger partial charge is 0.142 e. The average molecular weight is 368 g/mol. The Kier molecular flexibility index (Phi) is 4.40. The number of ether oxygens (including phenoxy) is 1. The number of hydrogen-bond donors (Lipinski definition) is 1. The molecule has 1 heterocycles. The minimum absolute atomic E-state index is 0.0974. The first-order chi connectivity index (χ1) is 10.2. The highest BCUT2D eigenvalue weighted by Crippen LogP contribution is 2.41. The largest absolute Gasteiger partial charge is 0.495 e. The zero-order chi connectivity index (χ0) is 14.8. The van der Waals surface area contributed by atoms with Crippen LogP contribution < -0.4 is 10.1 Å². The Labute approximate surface area is 136 Å². The molecule has 3 rings (SSSR count). The van der Waals surface area contributed by atoms with Gasteiger partial charge < -0.3 is 10.1 Å². The summed E-state index contributed by atoms with van der Waals surface area (Å²) in [5.74, 6) is 1.56. The summed E-state index contributed by atoms with van der Waals surface area (Å²) in [6.45, 7) is 0. The van der Waals surface area contributed by atoms with Crippen molar-refractivity contribution >= 4 is 33.4 Å². The van der Waals surface area contributed by atoms with E-state index in [2.05, 4.69) is 21.2 Å². The number of methoxy groups -OCH3 is 1. The van der Waals surface area contributed by atoms with Gasteiger partial charge in [0.25, 0.3) is 0 Å². The van der Waals surface area contributed by atoms with Gasteiger partial charge in [0.1, 0.15) is 11.6 Å². The van der Waals surface area contributed by atoms with Crippen LogP contribution in [0.5, 0.6) is 5.75 Å². The molecule has 0 spiro atoms. The summed E-state index contributed by atoms with van der Waals surface area (Å²) in [6, 6.07) is 11.2. The van der Waals surface area contributed by atoms with E-state index in [-0.39, 0.29) is 11.9 Å². The van der Waals surface area contributed by atoms with Crippen molar-refractivity contribution in [3.63, 3.8) is 0 Å². The second-order valence-corrected chi connectivity index (χ2v) is 6.86. The van der Waals surface area contributed by atoms with Gasteiger partial charge >= 0.3 is 0 Å². The highest BCUT2D eigenvalue weighted by molar-refractivity contribution is 9.10. The van der Waals surface area contributed by atoms with Gasteiger partial charge in [-0.1, -0.05) is 28.1 Å². The molecule has 1 atom stereocenters. The van der Waals surface area contributed by atoms with E-state index in [0.29, 0.717) is 0 Å². The van der Waals surface area contributed by atoms with Crippen molar-refractivity contribution in [3.05, 3.63) is 52.3 Å². The van der Waals surface area contributed by atoms with Gasteiger partial charge in [0, 0.05) is 15.1 Å². The first-order valence-corrected chi connectivity index (χ1v) is 8.48. The van der Waals surface area contributed by atoms with E-state index in [4.69, 9.17) is 4.74 Å². The molecule has 2 aromatic carbocycles. The van der Waals surface area contributed by atoms with Crippen LogP contribution in [0.15, 0.2) is 45.8 Å². The summed E-state index contributed by atoms with van der Waals surface area (Å²) in [4.78, 5) is 0.759. The first kappa shape index (κ1) is 14.7. The molecule has 110 valence electrons. The Bertz CT molecular complexity index is 665. The molecule has 2 nitrogen and oxygen atoms in total. The maximum absolute atomic E-state index is 13.9. The van der Waals surface area contributed by atoms with Gasteiger partial charge in [-0.25, -0.2) is 4.39 Å². The Hall–Kier alpha value is -1.20. The number of hydrogen-bond acceptors (Lipinski definition) is 3. The van der Waals surface area contributed by atoms with Crippen molar-refractivity contribution in [2.24, 2.45) is 0 Å². The molecule has 21 heavy (non-hydrogen) atoms. The normalized spacial score (nSPS) is 17.2. The molecule has 0 aliphatic carbocycles. The maximum atomic E-state index is 13.9. The molecular weight excluding hydrogens is 353 g/mol. The standard InChI is InChI=1S/C16H15BrFNOS/c1-20-15-6-5-10(17)9-14(15)19-13-7-8-21-16-11(13)3-2-4-12(16)18/h2-6,9,13,19H,7-8H2,1H3. The first-order valence-electron chi connectivity index (χ1n) is 6.70. The molecule has 0 radical (unpaired) electrons. The van der Waals surface area contributed by atoms with Crippen LogP contribution in [0, 0.1) is 5.82 Å². The molecule has 0 amide bonds. The number of benzene rings is 2. The third kappa shape index (κ3) is 3.04.